The van der Waals surface area contributed by atoms with Crippen LogP contribution in [0.4, 0.5) is 0 Å². The molecular formula is C21H21NO5. The third-order valence-electron chi connectivity index (χ3n) is 4.30. The van der Waals surface area contributed by atoms with Gasteiger partial charge in [0.25, 0.3) is 0 Å². The van der Waals surface area contributed by atoms with Crippen molar-refractivity contribution in [2.75, 3.05) is 0 Å². The number of aromatic nitrogens is 1. The normalized spacial score (nSPS) is 10.8. The first-order chi connectivity index (χ1) is 12.9. The SMILES string of the molecule is Oc1cc(O)cc(CCc2cccc(CCc3cc(O)c(O)c(O)c3)n2)c1. The van der Waals surface area contributed by atoms with Crippen molar-refractivity contribution in [3.63, 3.8) is 0 Å². The largest absolute Gasteiger partial charge is 0.508 e. The van der Waals surface area contributed by atoms with Gasteiger partial charge in [0.05, 0.1) is 0 Å². The Morgan fingerprint density at radius 2 is 1.07 bits per heavy atom. The molecule has 2 aromatic carbocycles. The van der Waals surface area contributed by atoms with Gasteiger partial charge in [-0.3, -0.25) is 4.98 Å². The van der Waals surface area contributed by atoms with Crippen LogP contribution in [0.1, 0.15) is 22.5 Å². The number of aromatic hydroxyl groups is 5. The summed E-state index contributed by atoms with van der Waals surface area (Å²) in [5.41, 5.74) is 3.30. The zero-order chi connectivity index (χ0) is 19.4. The van der Waals surface area contributed by atoms with Crippen molar-refractivity contribution >= 4 is 0 Å². The molecule has 1 heterocycles. The number of nitrogens with zero attached hydrogens (tertiary/aromatic N) is 1. The molecule has 0 amide bonds. The molecule has 0 unspecified atom stereocenters. The number of rotatable bonds is 6. The van der Waals surface area contributed by atoms with Gasteiger partial charge in [-0.2, -0.15) is 0 Å². The molecule has 0 atom stereocenters. The fourth-order valence-corrected chi connectivity index (χ4v) is 2.96. The van der Waals surface area contributed by atoms with Crippen LogP contribution in [0.2, 0.25) is 0 Å². The summed E-state index contributed by atoms with van der Waals surface area (Å²) in [6.07, 6.45) is 2.47. The smallest absolute Gasteiger partial charge is 0.200 e. The van der Waals surface area contributed by atoms with Crippen molar-refractivity contribution in [1.29, 1.82) is 0 Å². The van der Waals surface area contributed by atoms with Gasteiger partial charge >= 0.3 is 0 Å². The van der Waals surface area contributed by atoms with Crippen LogP contribution in [0.5, 0.6) is 28.7 Å². The first-order valence-corrected chi connectivity index (χ1v) is 8.61. The van der Waals surface area contributed by atoms with Crippen molar-refractivity contribution in [3.8, 4) is 28.7 Å². The second-order valence-electron chi connectivity index (χ2n) is 6.46. The molecule has 0 saturated carbocycles. The Morgan fingerprint density at radius 1 is 0.593 bits per heavy atom. The van der Waals surface area contributed by atoms with Crippen molar-refractivity contribution in [1.82, 2.24) is 4.98 Å². The van der Waals surface area contributed by atoms with E-state index in [9.17, 15) is 25.5 Å². The average molecular weight is 367 g/mol. The van der Waals surface area contributed by atoms with Gasteiger partial charge in [-0.15, -0.1) is 0 Å². The van der Waals surface area contributed by atoms with Crippen LogP contribution in [-0.4, -0.2) is 30.5 Å². The van der Waals surface area contributed by atoms with Crippen molar-refractivity contribution in [2.45, 2.75) is 25.7 Å². The fraction of sp³-hybridized carbons (Fsp3) is 0.190. The highest BCUT2D eigenvalue weighted by Gasteiger charge is 2.09. The van der Waals surface area contributed by atoms with Crippen LogP contribution >= 0.6 is 0 Å². The summed E-state index contributed by atoms with van der Waals surface area (Å²) in [6.45, 7) is 0. The molecule has 0 aliphatic heterocycles. The second-order valence-corrected chi connectivity index (χ2v) is 6.46. The first-order valence-electron chi connectivity index (χ1n) is 8.61. The average Bonchev–Trinajstić information content (AvgIpc) is 2.62. The molecule has 0 aliphatic carbocycles. The summed E-state index contributed by atoms with van der Waals surface area (Å²) in [6, 6.07) is 13.1. The van der Waals surface area contributed by atoms with Crippen LogP contribution in [0, 0.1) is 0 Å². The van der Waals surface area contributed by atoms with Gasteiger partial charge in [0.2, 0.25) is 0 Å². The van der Waals surface area contributed by atoms with Crippen molar-refractivity contribution in [2.24, 2.45) is 0 Å². The minimum Gasteiger partial charge on any atom is -0.508 e. The van der Waals surface area contributed by atoms with Crippen molar-refractivity contribution in [3.05, 3.63) is 71.0 Å². The predicted molar refractivity (Wildman–Crippen MR) is 100 cm³/mol. The van der Waals surface area contributed by atoms with Crippen LogP contribution in [0.25, 0.3) is 0 Å². The number of hydrogen-bond acceptors (Lipinski definition) is 6. The Hall–Kier alpha value is -3.41. The van der Waals surface area contributed by atoms with Crippen molar-refractivity contribution < 1.29 is 25.5 Å². The molecule has 5 N–H and O–H groups in total. The summed E-state index contributed by atoms with van der Waals surface area (Å²) < 4.78 is 0. The molecule has 3 aromatic rings. The Balaban J connectivity index is 1.63. The Morgan fingerprint density at radius 3 is 1.59 bits per heavy atom. The molecule has 0 saturated heterocycles. The van der Waals surface area contributed by atoms with Gasteiger partial charge in [-0.25, -0.2) is 0 Å². The molecule has 6 heteroatoms. The standard InChI is InChI=1S/C21H21NO5/c23-17-8-13(9-18(24)12-17)4-6-15-2-1-3-16(22-15)7-5-14-10-19(25)21(27)20(26)11-14/h1-3,8-12,23-27H,4-7H2. The molecular weight excluding hydrogens is 346 g/mol. The summed E-state index contributed by atoms with van der Waals surface area (Å²) in [5, 5.41) is 47.6. The van der Waals surface area contributed by atoms with E-state index in [2.05, 4.69) is 4.98 Å². The van der Waals surface area contributed by atoms with E-state index in [4.69, 9.17) is 0 Å². The quantitative estimate of drug-likeness (QED) is 0.428. The molecule has 0 aliphatic rings. The lowest BCUT2D eigenvalue weighted by Gasteiger charge is -2.08. The molecule has 3 rings (SSSR count). The third kappa shape index (κ3) is 4.82. The maximum atomic E-state index is 9.58. The highest BCUT2D eigenvalue weighted by Crippen LogP contribution is 2.35. The van der Waals surface area contributed by atoms with Gasteiger partial charge in [-0.05, 0) is 73.2 Å². The summed E-state index contributed by atoms with van der Waals surface area (Å²) in [4.78, 5) is 4.61. The minimum atomic E-state index is -0.517. The lowest BCUT2D eigenvalue weighted by atomic mass is 10.0. The van der Waals surface area contributed by atoms with Gasteiger partial charge in [-0.1, -0.05) is 6.07 Å². The van der Waals surface area contributed by atoms with Crippen LogP contribution in [0.15, 0.2) is 48.5 Å². The number of phenolic OH excluding ortho intramolecular Hbond substituents is 5. The van der Waals surface area contributed by atoms with E-state index in [1.54, 1.807) is 12.1 Å². The lowest BCUT2D eigenvalue weighted by molar-refractivity contribution is 0.367. The van der Waals surface area contributed by atoms with E-state index in [1.165, 1.54) is 18.2 Å². The fourth-order valence-electron chi connectivity index (χ4n) is 2.96. The summed E-state index contributed by atoms with van der Waals surface area (Å²) in [5.74, 6) is -1.14. The molecule has 0 spiro atoms. The van der Waals surface area contributed by atoms with E-state index in [0.717, 1.165) is 17.0 Å². The van der Waals surface area contributed by atoms with Gasteiger partial charge < -0.3 is 25.5 Å². The highest BCUT2D eigenvalue weighted by molar-refractivity contribution is 5.51. The lowest BCUT2D eigenvalue weighted by Crippen LogP contribution is -2.00. The maximum Gasteiger partial charge on any atom is 0.200 e. The summed E-state index contributed by atoms with van der Waals surface area (Å²) in [7, 11) is 0. The van der Waals surface area contributed by atoms with E-state index in [-0.39, 0.29) is 23.0 Å². The van der Waals surface area contributed by atoms with Crippen LogP contribution in [0.3, 0.4) is 0 Å². The molecule has 27 heavy (non-hydrogen) atoms. The Bertz CT molecular complexity index is 912. The van der Waals surface area contributed by atoms with Crippen LogP contribution in [-0.2, 0) is 25.7 Å². The Labute approximate surface area is 156 Å². The summed E-state index contributed by atoms with van der Waals surface area (Å²) >= 11 is 0. The molecule has 0 radical (unpaired) electrons. The number of phenols is 5. The number of benzene rings is 2. The van der Waals surface area contributed by atoms with Gasteiger partial charge in [0, 0.05) is 17.5 Å². The van der Waals surface area contributed by atoms with E-state index >= 15 is 0 Å². The monoisotopic (exact) mass is 367 g/mol. The van der Waals surface area contributed by atoms with Gasteiger partial charge in [0.1, 0.15) is 11.5 Å². The second kappa shape index (κ2) is 7.86. The number of aryl methyl sites for hydroxylation is 4. The third-order valence-corrected chi connectivity index (χ3v) is 4.30. The van der Waals surface area contributed by atoms with E-state index in [1.807, 2.05) is 18.2 Å². The zero-order valence-electron chi connectivity index (χ0n) is 14.6. The molecule has 0 fully saturated rings. The molecule has 140 valence electrons. The van der Waals surface area contributed by atoms with E-state index < -0.39 is 5.75 Å². The molecule has 0 bridgehead atoms. The predicted octanol–water partition coefficient (Wildman–Crippen LogP) is 3.18. The Kier molecular flexibility index (Phi) is 5.35. The first kappa shape index (κ1) is 18.4. The molecule has 6 nitrogen and oxygen atoms in total. The zero-order valence-corrected chi connectivity index (χ0v) is 14.6. The number of pyridine rings is 1. The highest BCUT2D eigenvalue weighted by atomic mass is 16.3. The van der Waals surface area contributed by atoms with Gasteiger partial charge in [0.15, 0.2) is 17.2 Å². The maximum absolute atomic E-state index is 9.58. The van der Waals surface area contributed by atoms with Crippen LogP contribution < -0.4 is 0 Å². The molecule has 1 aromatic heterocycles. The number of hydrogen-bond donors (Lipinski definition) is 5. The minimum absolute atomic E-state index is 0.0344. The van der Waals surface area contributed by atoms with E-state index in [0.29, 0.717) is 31.2 Å². The topological polar surface area (TPSA) is 114 Å².